The van der Waals surface area contributed by atoms with Crippen molar-refractivity contribution in [2.45, 2.75) is 65.7 Å². The minimum absolute atomic E-state index is 0.0986. The number of carbonyl (C=O) groups is 1. The standard InChI is InChI=1S/C18H28O/c1-6-8-10-14(7-2)17(19)15-11-9-12-16(13-15)18(3,4)5/h9,11-14H,6-8,10H2,1-5H3. The van der Waals surface area contributed by atoms with Crippen LogP contribution in [0.1, 0.15) is 76.2 Å². The smallest absolute Gasteiger partial charge is 0.165 e. The summed E-state index contributed by atoms with van der Waals surface area (Å²) in [6, 6.07) is 8.17. The highest BCUT2D eigenvalue weighted by Gasteiger charge is 2.20. The lowest BCUT2D eigenvalue weighted by atomic mass is 9.84. The van der Waals surface area contributed by atoms with Crippen LogP contribution in [0.15, 0.2) is 24.3 Å². The summed E-state index contributed by atoms with van der Waals surface area (Å²) in [6.45, 7) is 10.9. The fraction of sp³-hybridized carbons (Fsp3) is 0.611. The van der Waals surface area contributed by atoms with E-state index in [0.717, 1.165) is 31.2 Å². The molecule has 0 aliphatic rings. The third kappa shape index (κ3) is 4.49. The molecule has 1 rings (SSSR count). The Kier molecular flexibility index (Phi) is 5.78. The molecule has 1 aromatic carbocycles. The second-order valence-corrected chi connectivity index (χ2v) is 6.44. The van der Waals surface area contributed by atoms with Crippen LogP contribution in [0.25, 0.3) is 0 Å². The first-order valence-electron chi connectivity index (χ1n) is 7.54. The fourth-order valence-electron chi connectivity index (χ4n) is 2.35. The predicted octanol–water partition coefficient (Wildman–Crippen LogP) is 5.38. The maximum absolute atomic E-state index is 12.6. The summed E-state index contributed by atoms with van der Waals surface area (Å²) in [7, 11) is 0. The molecular weight excluding hydrogens is 232 g/mol. The van der Waals surface area contributed by atoms with Crippen molar-refractivity contribution >= 4 is 5.78 Å². The van der Waals surface area contributed by atoms with Crippen LogP contribution in [0.2, 0.25) is 0 Å². The van der Waals surface area contributed by atoms with Gasteiger partial charge in [0.1, 0.15) is 0 Å². The lowest BCUT2D eigenvalue weighted by Crippen LogP contribution is -2.16. The highest BCUT2D eigenvalue weighted by atomic mass is 16.1. The molecule has 19 heavy (non-hydrogen) atoms. The molecule has 0 bridgehead atoms. The van der Waals surface area contributed by atoms with Crippen molar-refractivity contribution in [1.29, 1.82) is 0 Å². The molecule has 0 heterocycles. The predicted molar refractivity (Wildman–Crippen MR) is 82.8 cm³/mol. The average molecular weight is 260 g/mol. The number of hydrogen-bond acceptors (Lipinski definition) is 1. The van der Waals surface area contributed by atoms with E-state index in [0.29, 0.717) is 5.78 Å². The monoisotopic (exact) mass is 260 g/mol. The van der Waals surface area contributed by atoms with Crippen LogP contribution in [0.3, 0.4) is 0 Å². The molecule has 0 fully saturated rings. The quantitative estimate of drug-likeness (QED) is 0.627. The van der Waals surface area contributed by atoms with Crippen LogP contribution in [0, 0.1) is 5.92 Å². The minimum Gasteiger partial charge on any atom is -0.294 e. The molecule has 106 valence electrons. The van der Waals surface area contributed by atoms with Crippen LogP contribution in [0.5, 0.6) is 0 Å². The highest BCUT2D eigenvalue weighted by molar-refractivity contribution is 5.98. The molecule has 0 spiro atoms. The Labute approximate surface area is 118 Å². The Morgan fingerprint density at radius 1 is 1.21 bits per heavy atom. The Morgan fingerprint density at radius 2 is 1.89 bits per heavy atom. The van der Waals surface area contributed by atoms with Gasteiger partial charge in [-0.3, -0.25) is 4.79 Å². The number of unbranched alkanes of at least 4 members (excludes halogenated alkanes) is 1. The number of carbonyl (C=O) groups excluding carboxylic acids is 1. The van der Waals surface area contributed by atoms with E-state index in [1.165, 1.54) is 5.56 Å². The first-order valence-corrected chi connectivity index (χ1v) is 7.54. The molecule has 0 saturated heterocycles. The first-order chi connectivity index (χ1) is 8.90. The Hall–Kier alpha value is -1.11. The maximum Gasteiger partial charge on any atom is 0.165 e. The Morgan fingerprint density at radius 3 is 2.42 bits per heavy atom. The normalized spacial score (nSPS) is 13.3. The Bertz CT molecular complexity index is 412. The van der Waals surface area contributed by atoms with Crippen LogP contribution in [-0.2, 0) is 5.41 Å². The highest BCUT2D eigenvalue weighted by Crippen LogP contribution is 2.25. The van der Waals surface area contributed by atoms with E-state index in [2.05, 4.69) is 46.8 Å². The van der Waals surface area contributed by atoms with Crippen molar-refractivity contribution in [3.8, 4) is 0 Å². The zero-order valence-corrected chi connectivity index (χ0v) is 13.1. The fourth-order valence-corrected chi connectivity index (χ4v) is 2.35. The molecule has 0 amide bonds. The second kappa shape index (κ2) is 6.88. The van der Waals surface area contributed by atoms with E-state index >= 15 is 0 Å². The van der Waals surface area contributed by atoms with E-state index in [9.17, 15) is 4.79 Å². The van der Waals surface area contributed by atoms with Gasteiger partial charge in [-0.2, -0.15) is 0 Å². The molecular formula is C18H28O. The van der Waals surface area contributed by atoms with Gasteiger partial charge in [-0.05, 0) is 29.9 Å². The molecule has 1 heteroatoms. The van der Waals surface area contributed by atoms with E-state index < -0.39 is 0 Å². The zero-order valence-electron chi connectivity index (χ0n) is 13.1. The molecule has 1 nitrogen and oxygen atoms in total. The number of hydrogen-bond donors (Lipinski definition) is 0. The largest absolute Gasteiger partial charge is 0.294 e. The molecule has 1 aromatic rings. The summed E-state index contributed by atoms with van der Waals surface area (Å²) in [4.78, 5) is 12.6. The summed E-state index contributed by atoms with van der Waals surface area (Å²) in [5, 5.41) is 0. The third-order valence-corrected chi connectivity index (χ3v) is 3.78. The molecule has 0 saturated carbocycles. The van der Waals surface area contributed by atoms with E-state index in [-0.39, 0.29) is 11.3 Å². The molecule has 0 N–H and O–H groups in total. The van der Waals surface area contributed by atoms with Gasteiger partial charge in [-0.15, -0.1) is 0 Å². The summed E-state index contributed by atoms with van der Waals surface area (Å²) in [5.41, 5.74) is 2.22. The minimum atomic E-state index is 0.0986. The van der Waals surface area contributed by atoms with Gasteiger partial charge in [0.2, 0.25) is 0 Å². The molecule has 0 aromatic heterocycles. The van der Waals surface area contributed by atoms with E-state index in [1.54, 1.807) is 0 Å². The maximum atomic E-state index is 12.6. The molecule has 1 atom stereocenters. The lowest BCUT2D eigenvalue weighted by molar-refractivity contribution is 0.0908. The SMILES string of the molecule is CCCCC(CC)C(=O)c1cccc(C(C)(C)C)c1. The van der Waals surface area contributed by atoms with Crippen molar-refractivity contribution in [1.82, 2.24) is 0 Å². The van der Waals surface area contributed by atoms with Gasteiger partial charge in [0.05, 0.1) is 0 Å². The van der Waals surface area contributed by atoms with Crippen LogP contribution < -0.4 is 0 Å². The summed E-state index contributed by atoms with van der Waals surface area (Å²) >= 11 is 0. The van der Waals surface area contributed by atoms with Gasteiger partial charge in [0.25, 0.3) is 0 Å². The van der Waals surface area contributed by atoms with Gasteiger partial charge in [-0.1, -0.05) is 65.7 Å². The zero-order chi connectivity index (χ0) is 14.5. The second-order valence-electron chi connectivity index (χ2n) is 6.44. The Balaban J connectivity index is 2.92. The molecule has 0 aliphatic heterocycles. The van der Waals surface area contributed by atoms with E-state index in [4.69, 9.17) is 0 Å². The van der Waals surface area contributed by atoms with Crippen molar-refractivity contribution in [3.63, 3.8) is 0 Å². The van der Waals surface area contributed by atoms with Gasteiger partial charge in [0.15, 0.2) is 5.78 Å². The lowest BCUT2D eigenvalue weighted by Gasteiger charge is -2.20. The molecule has 0 radical (unpaired) electrons. The van der Waals surface area contributed by atoms with Gasteiger partial charge < -0.3 is 0 Å². The number of ketones is 1. The third-order valence-electron chi connectivity index (χ3n) is 3.78. The van der Waals surface area contributed by atoms with E-state index in [1.807, 2.05) is 12.1 Å². The van der Waals surface area contributed by atoms with Gasteiger partial charge >= 0.3 is 0 Å². The molecule has 0 aliphatic carbocycles. The number of rotatable bonds is 6. The van der Waals surface area contributed by atoms with Crippen molar-refractivity contribution in [2.75, 3.05) is 0 Å². The average Bonchev–Trinajstić information content (AvgIpc) is 2.38. The van der Waals surface area contributed by atoms with Crippen molar-refractivity contribution < 1.29 is 4.79 Å². The number of benzene rings is 1. The number of Topliss-reactive ketones (excluding diaryl/α,β-unsaturated/α-hetero) is 1. The summed E-state index contributed by atoms with van der Waals surface area (Å²) in [5.74, 6) is 0.511. The van der Waals surface area contributed by atoms with Crippen LogP contribution in [0.4, 0.5) is 0 Å². The first kappa shape index (κ1) is 15.9. The topological polar surface area (TPSA) is 17.1 Å². The van der Waals surface area contributed by atoms with Gasteiger partial charge in [-0.25, -0.2) is 0 Å². The van der Waals surface area contributed by atoms with Crippen molar-refractivity contribution in [2.24, 2.45) is 5.92 Å². The van der Waals surface area contributed by atoms with Crippen LogP contribution in [-0.4, -0.2) is 5.78 Å². The molecule has 1 unspecified atom stereocenters. The summed E-state index contributed by atoms with van der Waals surface area (Å²) in [6.07, 6.45) is 4.26. The summed E-state index contributed by atoms with van der Waals surface area (Å²) < 4.78 is 0. The van der Waals surface area contributed by atoms with Crippen LogP contribution >= 0.6 is 0 Å². The van der Waals surface area contributed by atoms with Crippen molar-refractivity contribution in [3.05, 3.63) is 35.4 Å². The van der Waals surface area contributed by atoms with Gasteiger partial charge in [0, 0.05) is 11.5 Å².